The summed E-state index contributed by atoms with van der Waals surface area (Å²) in [6, 6.07) is 4.18. The van der Waals surface area contributed by atoms with E-state index in [9.17, 15) is 13.2 Å². The number of carbonyl (C=O) groups is 1. The van der Waals surface area contributed by atoms with Crippen LogP contribution in [0, 0.1) is 0 Å². The first-order chi connectivity index (χ1) is 8.72. The molecule has 3 N–H and O–H groups in total. The summed E-state index contributed by atoms with van der Waals surface area (Å²) < 4.78 is 24.1. The molecule has 1 aromatic carbocycles. The molecule has 7 heteroatoms. The number of sulfone groups is 1. The van der Waals surface area contributed by atoms with Crippen LogP contribution in [0.15, 0.2) is 23.1 Å². The number of nitrogen functional groups attached to an aromatic ring is 1. The van der Waals surface area contributed by atoms with Crippen LogP contribution in [-0.2, 0) is 14.6 Å². The predicted molar refractivity (Wildman–Crippen MR) is 75.8 cm³/mol. The lowest BCUT2D eigenvalue weighted by Gasteiger charge is -2.09. The molecule has 0 fully saturated rings. The van der Waals surface area contributed by atoms with Gasteiger partial charge in [-0.15, -0.1) is 0 Å². The second-order valence-electron chi connectivity index (χ2n) is 4.48. The third kappa shape index (κ3) is 4.72. The minimum atomic E-state index is -3.59. The quantitative estimate of drug-likeness (QED) is 0.809. The largest absolute Gasteiger partial charge is 0.399 e. The molecular weight excluding hydrogens is 288 g/mol. The van der Waals surface area contributed by atoms with E-state index in [1.165, 1.54) is 18.2 Å². The van der Waals surface area contributed by atoms with Crippen LogP contribution in [0.1, 0.15) is 20.3 Å². The normalized spacial score (nSPS) is 11.6. The third-order valence-electron chi connectivity index (χ3n) is 2.34. The number of rotatable bonds is 5. The second kappa shape index (κ2) is 6.25. The van der Waals surface area contributed by atoms with Crippen LogP contribution in [0.25, 0.3) is 0 Å². The first-order valence-corrected chi connectivity index (χ1v) is 7.82. The van der Waals surface area contributed by atoms with E-state index in [0.717, 1.165) is 0 Å². The molecule has 19 heavy (non-hydrogen) atoms. The Bertz CT molecular complexity index is 570. The molecule has 0 aliphatic heterocycles. The molecule has 0 atom stereocenters. The van der Waals surface area contributed by atoms with E-state index < -0.39 is 9.84 Å². The van der Waals surface area contributed by atoms with Crippen molar-refractivity contribution in [1.29, 1.82) is 0 Å². The van der Waals surface area contributed by atoms with E-state index in [4.69, 9.17) is 17.3 Å². The number of carbonyl (C=O) groups excluding carboxylic acids is 1. The Kier molecular flexibility index (Phi) is 5.20. The topological polar surface area (TPSA) is 89.3 Å². The Hall–Kier alpha value is -1.27. The van der Waals surface area contributed by atoms with Gasteiger partial charge in [0.05, 0.1) is 15.7 Å². The van der Waals surface area contributed by atoms with Gasteiger partial charge in [-0.25, -0.2) is 8.42 Å². The molecule has 5 nitrogen and oxygen atoms in total. The van der Waals surface area contributed by atoms with Crippen molar-refractivity contribution < 1.29 is 13.2 Å². The minimum Gasteiger partial charge on any atom is -0.399 e. The number of nitrogens with one attached hydrogen (secondary N) is 1. The molecule has 1 rings (SSSR count). The number of hydrogen-bond donors (Lipinski definition) is 2. The maximum Gasteiger partial charge on any atom is 0.221 e. The summed E-state index contributed by atoms with van der Waals surface area (Å²) in [5.74, 6) is -0.583. The summed E-state index contributed by atoms with van der Waals surface area (Å²) in [4.78, 5) is 11.4. The van der Waals surface area contributed by atoms with Crippen molar-refractivity contribution in [3.63, 3.8) is 0 Å². The molecular formula is C12H17ClN2O3S. The SMILES string of the molecule is CC(C)NC(=O)CCS(=O)(=O)c1ccc(N)cc1Cl. The highest BCUT2D eigenvalue weighted by atomic mass is 35.5. The Morgan fingerprint density at radius 1 is 1.42 bits per heavy atom. The van der Waals surface area contributed by atoms with Crippen LogP contribution in [0.2, 0.25) is 5.02 Å². The molecule has 0 aliphatic rings. The summed E-state index contributed by atoms with van der Waals surface area (Å²) >= 11 is 5.85. The van der Waals surface area contributed by atoms with Crippen molar-refractivity contribution in [2.75, 3.05) is 11.5 Å². The number of hydrogen-bond acceptors (Lipinski definition) is 4. The van der Waals surface area contributed by atoms with Gasteiger partial charge in [-0.2, -0.15) is 0 Å². The van der Waals surface area contributed by atoms with Gasteiger partial charge >= 0.3 is 0 Å². The van der Waals surface area contributed by atoms with Crippen molar-refractivity contribution >= 4 is 33.0 Å². The van der Waals surface area contributed by atoms with E-state index in [0.29, 0.717) is 5.69 Å². The lowest BCUT2D eigenvalue weighted by Crippen LogP contribution is -2.31. The van der Waals surface area contributed by atoms with Gasteiger partial charge in [-0.1, -0.05) is 11.6 Å². The van der Waals surface area contributed by atoms with E-state index in [2.05, 4.69) is 5.32 Å². The van der Waals surface area contributed by atoms with Gasteiger partial charge in [0.15, 0.2) is 9.84 Å². The Morgan fingerprint density at radius 3 is 2.58 bits per heavy atom. The molecule has 0 radical (unpaired) electrons. The third-order valence-corrected chi connectivity index (χ3v) is 4.53. The monoisotopic (exact) mass is 304 g/mol. The molecule has 0 aliphatic carbocycles. The first kappa shape index (κ1) is 15.8. The zero-order valence-corrected chi connectivity index (χ0v) is 12.4. The maximum absolute atomic E-state index is 12.0. The average Bonchev–Trinajstić information content (AvgIpc) is 2.25. The van der Waals surface area contributed by atoms with Gasteiger partial charge in [0, 0.05) is 18.2 Å². The maximum atomic E-state index is 12.0. The van der Waals surface area contributed by atoms with E-state index in [1.54, 1.807) is 0 Å². The molecule has 0 spiro atoms. The van der Waals surface area contributed by atoms with Crippen molar-refractivity contribution in [2.24, 2.45) is 0 Å². The van der Waals surface area contributed by atoms with Gasteiger partial charge in [0.1, 0.15) is 0 Å². The van der Waals surface area contributed by atoms with Gasteiger partial charge < -0.3 is 11.1 Å². The molecule has 0 saturated carbocycles. The van der Waals surface area contributed by atoms with Gasteiger partial charge in [0.2, 0.25) is 5.91 Å². The average molecular weight is 305 g/mol. The number of halogens is 1. The molecule has 1 aromatic rings. The molecule has 0 bridgehead atoms. The highest BCUT2D eigenvalue weighted by Crippen LogP contribution is 2.25. The zero-order chi connectivity index (χ0) is 14.6. The van der Waals surface area contributed by atoms with Crippen LogP contribution in [0.5, 0.6) is 0 Å². The van der Waals surface area contributed by atoms with Crippen LogP contribution in [-0.4, -0.2) is 26.1 Å². The number of nitrogens with two attached hydrogens (primary N) is 1. The first-order valence-electron chi connectivity index (χ1n) is 5.79. The lowest BCUT2D eigenvalue weighted by molar-refractivity contribution is -0.121. The summed E-state index contributed by atoms with van der Waals surface area (Å²) in [6.07, 6.45) is -0.0960. The van der Waals surface area contributed by atoms with Crippen molar-refractivity contribution in [3.05, 3.63) is 23.2 Å². The minimum absolute atomic E-state index is 0.000661. The fourth-order valence-corrected chi connectivity index (χ4v) is 3.35. The van der Waals surface area contributed by atoms with E-state index >= 15 is 0 Å². The summed E-state index contributed by atoms with van der Waals surface area (Å²) in [7, 11) is -3.59. The Morgan fingerprint density at radius 2 is 2.05 bits per heavy atom. The molecule has 0 heterocycles. The predicted octanol–water partition coefficient (Wildman–Crippen LogP) is 1.61. The van der Waals surface area contributed by atoms with Gasteiger partial charge in [0.25, 0.3) is 0 Å². The van der Waals surface area contributed by atoms with Gasteiger partial charge in [-0.3, -0.25) is 4.79 Å². The van der Waals surface area contributed by atoms with Crippen molar-refractivity contribution in [2.45, 2.75) is 31.2 Å². The smallest absolute Gasteiger partial charge is 0.221 e. The van der Waals surface area contributed by atoms with Crippen molar-refractivity contribution in [1.82, 2.24) is 5.32 Å². The second-order valence-corrected chi connectivity index (χ2v) is 6.97. The zero-order valence-electron chi connectivity index (χ0n) is 10.8. The molecule has 0 unspecified atom stereocenters. The Labute approximate surface area is 118 Å². The van der Waals surface area contributed by atoms with Gasteiger partial charge in [-0.05, 0) is 32.0 Å². The molecule has 0 aromatic heterocycles. The summed E-state index contributed by atoms with van der Waals surface area (Å²) in [6.45, 7) is 3.62. The standard InChI is InChI=1S/C12H17ClN2O3S/c1-8(2)15-12(16)5-6-19(17,18)11-4-3-9(14)7-10(11)13/h3-4,7-8H,5-6,14H2,1-2H3,(H,15,16). The fourth-order valence-electron chi connectivity index (χ4n) is 1.50. The van der Waals surface area contributed by atoms with Crippen LogP contribution in [0.3, 0.4) is 0 Å². The number of anilines is 1. The fraction of sp³-hybridized carbons (Fsp3) is 0.417. The van der Waals surface area contributed by atoms with Crippen LogP contribution in [0.4, 0.5) is 5.69 Å². The summed E-state index contributed by atoms with van der Waals surface area (Å²) in [5, 5.41) is 2.71. The van der Waals surface area contributed by atoms with Crippen molar-refractivity contribution in [3.8, 4) is 0 Å². The highest BCUT2D eigenvalue weighted by Gasteiger charge is 2.19. The number of benzene rings is 1. The highest BCUT2D eigenvalue weighted by molar-refractivity contribution is 7.91. The molecule has 106 valence electrons. The van der Waals surface area contributed by atoms with Crippen LogP contribution < -0.4 is 11.1 Å². The Balaban J connectivity index is 2.79. The number of amides is 1. The molecule has 1 amide bonds. The van der Waals surface area contributed by atoms with E-state index in [-0.39, 0.29) is 34.0 Å². The lowest BCUT2D eigenvalue weighted by atomic mass is 10.3. The van der Waals surface area contributed by atoms with E-state index in [1.807, 2.05) is 13.8 Å². The summed E-state index contributed by atoms with van der Waals surface area (Å²) in [5.41, 5.74) is 5.89. The molecule has 0 saturated heterocycles. The van der Waals surface area contributed by atoms with Crippen LogP contribution >= 0.6 is 11.6 Å².